The molecule has 0 radical (unpaired) electrons. The molecule has 72 valence electrons. The Kier molecular flexibility index (Phi) is 3.44. The second kappa shape index (κ2) is 4.19. The van der Waals surface area contributed by atoms with Crippen LogP contribution in [-0.4, -0.2) is 16.9 Å². The maximum absolute atomic E-state index is 11.5. The van der Waals surface area contributed by atoms with E-state index in [0.29, 0.717) is 5.69 Å². The number of rotatable bonds is 2. The lowest BCUT2D eigenvalue weighted by Crippen LogP contribution is -2.30. The topological polar surface area (TPSA) is 42.0 Å². The van der Waals surface area contributed by atoms with E-state index in [2.05, 4.69) is 26.2 Å². The minimum atomic E-state index is -0.102. The first kappa shape index (κ1) is 10.7. The van der Waals surface area contributed by atoms with Crippen LogP contribution in [0.5, 0.6) is 0 Å². The molecule has 0 aromatic carbocycles. The number of thiazole rings is 1. The third-order valence-electron chi connectivity index (χ3n) is 1.41. The van der Waals surface area contributed by atoms with Gasteiger partial charge in [-0.2, -0.15) is 0 Å². The van der Waals surface area contributed by atoms with Crippen molar-refractivity contribution in [3.8, 4) is 0 Å². The standard InChI is InChI=1S/C8H11BrN2OS/c1-4(2)10-7(12)6-5(3)13-8(9)11-6/h4H,1-3H3,(H,10,12). The average molecular weight is 263 g/mol. The Balaban J connectivity index is 2.82. The summed E-state index contributed by atoms with van der Waals surface area (Å²) in [5.74, 6) is -0.102. The number of halogens is 1. The second-order valence-corrected chi connectivity index (χ2v) is 5.48. The van der Waals surface area contributed by atoms with Crippen LogP contribution in [0.1, 0.15) is 29.2 Å². The van der Waals surface area contributed by atoms with Crippen molar-refractivity contribution in [1.82, 2.24) is 10.3 Å². The van der Waals surface area contributed by atoms with Gasteiger partial charge in [0.05, 0.1) is 0 Å². The van der Waals surface area contributed by atoms with Crippen LogP contribution in [0, 0.1) is 6.92 Å². The highest BCUT2D eigenvalue weighted by Gasteiger charge is 2.14. The highest BCUT2D eigenvalue weighted by molar-refractivity contribution is 9.11. The van der Waals surface area contributed by atoms with Crippen LogP contribution in [0.3, 0.4) is 0 Å². The fraction of sp³-hybridized carbons (Fsp3) is 0.500. The lowest BCUT2D eigenvalue weighted by atomic mass is 10.3. The van der Waals surface area contributed by atoms with Gasteiger partial charge in [0.1, 0.15) is 5.69 Å². The summed E-state index contributed by atoms with van der Waals surface area (Å²) in [5, 5.41) is 2.80. The van der Waals surface area contributed by atoms with Crippen LogP contribution in [0.4, 0.5) is 0 Å². The summed E-state index contributed by atoms with van der Waals surface area (Å²) in [6, 6.07) is 0.146. The molecule has 0 saturated carbocycles. The number of nitrogens with one attached hydrogen (secondary N) is 1. The zero-order valence-corrected chi connectivity index (χ0v) is 10.1. The van der Waals surface area contributed by atoms with Gasteiger partial charge < -0.3 is 5.32 Å². The molecule has 0 bridgehead atoms. The van der Waals surface area contributed by atoms with E-state index in [4.69, 9.17) is 0 Å². The van der Waals surface area contributed by atoms with Crippen molar-refractivity contribution >= 4 is 33.2 Å². The molecule has 1 aromatic heterocycles. The molecule has 0 unspecified atom stereocenters. The smallest absolute Gasteiger partial charge is 0.271 e. The quantitative estimate of drug-likeness (QED) is 0.889. The average Bonchev–Trinajstić information content (AvgIpc) is 2.28. The fourth-order valence-electron chi connectivity index (χ4n) is 0.905. The van der Waals surface area contributed by atoms with Crippen molar-refractivity contribution in [3.63, 3.8) is 0 Å². The number of carbonyl (C=O) groups is 1. The van der Waals surface area contributed by atoms with E-state index < -0.39 is 0 Å². The number of amides is 1. The molecule has 0 spiro atoms. The third kappa shape index (κ3) is 2.77. The van der Waals surface area contributed by atoms with E-state index in [1.807, 2.05) is 20.8 Å². The number of nitrogens with zero attached hydrogens (tertiary/aromatic N) is 1. The molecule has 1 heterocycles. The van der Waals surface area contributed by atoms with Gasteiger partial charge >= 0.3 is 0 Å². The lowest BCUT2D eigenvalue weighted by molar-refractivity contribution is 0.0938. The van der Waals surface area contributed by atoms with Gasteiger partial charge in [-0.25, -0.2) is 4.98 Å². The van der Waals surface area contributed by atoms with Gasteiger partial charge in [0.25, 0.3) is 5.91 Å². The van der Waals surface area contributed by atoms with E-state index >= 15 is 0 Å². The maximum atomic E-state index is 11.5. The van der Waals surface area contributed by atoms with Crippen LogP contribution < -0.4 is 5.32 Å². The number of hydrogen-bond donors (Lipinski definition) is 1. The number of hydrogen-bond acceptors (Lipinski definition) is 3. The summed E-state index contributed by atoms with van der Waals surface area (Å²) >= 11 is 4.71. The van der Waals surface area contributed by atoms with Crippen molar-refractivity contribution in [2.75, 3.05) is 0 Å². The Labute approximate surface area is 89.7 Å². The number of carbonyl (C=O) groups excluding carboxylic acids is 1. The Morgan fingerprint density at radius 3 is 2.62 bits per heavy atom. The molecule has 1 amide bonds. The first-order valence-electron chi connectivity index (χ1n) is 3.94. The van der Waals surface area contributed by atoms with Crippen molar-refractivity contribution in [3.05, 3.63) is 14.5 Å². The van der Waals surface area contributed by atoms with Crippen molar-refractivity contribution < 1.29 is 4.79 Å². The fourth-order valence-corrected chi connectivity index (χ4v) is 2.44. The van der Waals surface area contributed by atoms with Gasteiger partial charge in [-0.1, -0.05) is 0 Å². The minimum absolute atomic E-state index is 0.102. The molecule has 0 atom stereocenters. The normalized spacial score (nSPS) is 10.5. The van der Waals surface area contributed by atoms with Crippen molar-refractivity contribution in [2.24, 2.45) is 0 Å². The highest BCUT2D eigenvalue weighted by Crippen LogP contribution is 2.21. The van der Waals surface area contributed by atoms with Gasteiger partial charge in [-0.05, 0) is 36.7 Å². The van der Waals surface area contributed by atoms with E-state index in [9.17, 15) is 4.79 Å². The molecular weight excluding hydrogens is 252 g/mol. The molecule has 1 N–H and O–H groups in total. The molecule has 1 rings (SSSR count). The first-order valence-corrected chi connectivity index (χ1v) is 5.55. The largest absolute Gasteiger partial charge is 0.348 e. The predicted molar refractivity (Wildman–Crippen MR) is 57.2 cm³/mol. The summed E-state index contributed by atoms with van der Waals surface area (Å²) in [6.45, 7) is 5.74. The van der Waals surface area contributed by atoms with Gasteiger partial charge in [0, 0.05) is 10.9 Å². The Morgan fingerprint density at radius 2 is 2.23 bits per heavy atom. The molecule has 0 aliphatic carbocycles. The minimum Gasteiger partial charge on any atom is -0.348 e. The van der Waals surface area contributed by atoms with Crippen LogP contribution >= 0.6 is 27.3 Å². The summed E-state index contributed by atoms with van der Waals surface area (Å²) in [5.41, 5.74) is 0.519. The number of aryl methyl sites for hydroxylation is 1. The maximum Gasteiger partial charge on any atom is 0.271 e. The van der Waals surface area contributed by atoms with Crippen molar-refractivity contribution in [2.45, 2.75) is 26.8 Å². The molecule has 5 heteroatoms. The molecular formula is C8H11BrN2OS. The molecule has 3 nitrogen and oxygen atoms in total. The SMILES string of the molecule is Cc1sc(Br)nc1C(=O)NC(C)C. The zero-order chi connectivity index (χ0) is 10.0. The summed E-state index contributed by atoms with van der Waals surface area (Å²) in [6.07, 6.45) is 0. The van der Waals surface area contributed by atoms with Gasteiger partial charge in [-0.15, -0.1) is 11.3 Å². The molecule has 0 aliphatic heterocycles. The second-order valence-electron chi connectivity index (χ2n) is 3.00. The third-order valence-corrected chi connectivity index (χ3v) is 2.83. The van der Waals surface area contributed by atoms with Gasteiger partial charge in [0.2, 0.25) is 0 Å². The highest BCUT2D eigenvalue weighted by atomic mass is 79.9. The predicted octanol–water partition coefficient (Wildman–Crippen LogP) is 2.35. The Morgan fingerprint density at radius 1 is 1.62 bits per heavy atom. The van der Waals surface area contributed by atoms with Crippen molar-refractivity contribution in [1.29, 1.82) is 0 Å². The van der Waals surface area contributed by atoms with E-state index in [-0.39, 0.29) is 11.9 Å². The van der Waals surface area contributed by atoms with E-state index in [1.54, 1.807) is 0 Å². The van der Waals surface area contributed by atoms with Gasteiger partial charge in [0.15, 0.2) is 3.92 Å². The van der Waals surface area contributed by atoms with Gasteiger partial charge in [-0.3, -0.25) is 4.79 Å². The summed E-state index contributed by atoms with van der Waals surface area (Å²) < 4.78 is 0.749. The van der Waals surface area contributed by atoms with Crippen LogP contribution in [0.15, 0.2) is 3.92 Å². The van der Waals surface area contributed by atoms with E-state index in [1.165, 1.54) is 11.3 Å². The summed E-state index contributed by atoms with van der Waals surface area (Å²) in [4.78, 5) is 16.5. The monoisotopic (exact) mass is 262 g/mol. The molecule has 0 saturated heterocycles. The van der Waals surface area contributed by atoms with Crippen LogP contribution in [0.2, 0.25) is 0 Å². The summed E-state index contributed by atoms with van der Waals surface area (Å²) in [7, 11) is 0. The zero-order valence-electron chi connectivity index (χ0n) is 7.72. The molecule has 1 aromatic rings. The first-order chi connectivity index (χ1) is 6.00. The molecule has 13 heavy (non-hydrogen) atoms. The Bertz CT molecular complexity index is 322. The van der Waals surface area contributed by atoms with E-state index in [0.717, 1.165) is 8.79 Å². The Hall–Kier alpha value is -0.420. The van der Waals surface area contributed by atoms with Crippen LogP contribution in [-0.2, 0) is 0 Å². The van der Waals surface area contributed by atoms with Crippen LogP contribution in [0.25, 0.3) is 0 Å². The lowest BCUT2D eigenvalue weighted by Gasteiger charge is -2.06. The molecule has 0 aliphatic rings. The molecule has 0 fully saturated rings. The number of aromatic nitrogens is 1.